The molecule has 1 N–H and O–H groups in total. The van der Waals surface area contributed by atoms with E-state index in [4.69, 9.17) is 9.73 Å². The maximum absolute atomic E-state index is 5.84. The van der Waals surface area contributed by atoms with Crippen LogP contribution in [0, 0.1) is 0 Å². The van der Waals surface area contributed by atoms with Crippen molar-refractivity contribution in [3.63, 3.8) is 0 Å². The highest BCUT2D eigenvalue weighted by molar-refractivity contribution is 14.0. The van der Waals surface area contributed by atoms with Gasteiger partial charge in [-0.25, -0.2) is 0 Å². The summed E-state index contributed by atoms with van der Waals surface area (Å²) in [5.74, 6) is 1.93. The van der Waals surface area contributed by atoms with Crippen molar-refractivity contribution in [3.05, 3.63) is 34.5 Å². The summed E-state index contributed by atoms with van der Waals surface area (Å²) < 4.78 is 7.93. The molecule has 28 heavy (non-hydrogen) atoms. The minimum atomic E-state index is 0. The van der Waals surface area contributed by atoms with E-state index in [0.717, 1.165) is 50.9 Å². The highest BCUT2D eigenvalue weighted by atomic mass is 127. The number of nitrogens with zero attached hydrogens (tertiary/aromatic N) is 5. The Morgan fingerprint density at radius 3 is 3.07 bits per heavy atom. The normalized spacial score (nSPS) is 17.2. The second-order valence-electron chi connectivity index (χ2n) is 6.86. The lowest BCUT2D eigenvalue weighted by molar-refractivity contribution is 0.0223. The summed E-state index contributed by atoms with van der Waals surface area (Å²) in [6.07, 6.45) is 6.43. The number of aliphatic imine (C=N–C) groups is 1. The van der Waals surface area contributed by atoms with Crippen LogP contribution >= 0.6 is 35.3 Å². The number of thiophene rings is 1. The monoisotopic (exact) mass is 518 g/mol. The van der Waals surface area contributed by atoms with Crippen molar-refractivity contribution in [2.75, 3.05) is 26.7 Å². The number of nitrogens with one attached hydrogen (secondary N) is 1. The van der Waals surface area contributed by atoms with Crippen molar-refractivity contribution in [3.8, 4) is 0 Å². The maximum atomic E-state index is 5.84. The number of aromatic nitrogens is 3. The third kappa shape index (κ3) is 7.00. The predicted molar refractivity (Wildman–Crippen MR) is 124 cm³/mol. The molecule has 1 saturated heterocycles. The minimum absolute atomic E-state index is 0. The van der Waals surface area contributed by atoms with Crippen LogP contribution in [0.2, 0.25) is 0 Å². The first-order chi connectivity index (χ1) is 13.3. The number of guanidine groups is 1. The van der Waals surface area contributed by atoms with Crippen molar-refractivity contribution < 1.29 is 4.74 Å². The van der Waals surface area contributed by atoms with Crippen LogP contribution in [0.3, 0.4) is 0 Å². The smallest absolute Gasteiger partial charge is 0.194 e. The summed E-state index contributed by atoms with van der Waals surface area (Å²) in [7, 11) is 2.08. The molecule has 3 rings (SSSR count). The van der Waals surface area contributed by atoms with Crippen LogP contribution in [-0.2, 0) is 24.2 Å². The molecule has 7 nitrogen and oxygen atoms in total. The van der Waals surface area contributed by atoms with Gasteiger partial charge in [0.2, 0.25) is 0 Å². The Kier molecular flexibility index (Phi) is 10.2. The average molecular weight is 518 g/mol. The lowest BCUT2D eigenvalue weighted by atomic mass is 10.1. The van der Waals surface area contributed by atoms with Crippen molar-refractivity contribution in [1.29, 1.82) is 0 Å². The van der Waals surface area contributed by atoms with Crippen molar-refractivity contribution in [2.45, 2.75) is 51.8 Å². The third-order valence-electron chi connectivity index (χ3n) is 4.73. The molecule has 0 amide bonds. The Morgan fingerprint density at radius 2 is 2.36 bits per heavy atom. The van der Waals surface area contributed by atoms with Gasteiger partial charge in [-0.1, -0.05) is 6.92 Å². The molecule has 0 bridgehead atoms. The van der Waals surface area contributed by atoms with Crippen LogP contribution in [0.25, 0.3) is 0 Å². The Hall–Kier alpha value is -1.20. The molecule has 2 aromatic rings. The van der Waals surface area contributed by atoms with E-state index < -0.39 is 0 Å². The van der Waals surface area contributed by atoms with E-state index in [2.05, 4.69) is 55.8 Å². The van der Waals surface area contributed by atoms with Crippen molar-refractivity contribution >= 4 is 41.3 Å². The molecule has 0 aliphatic carbocycles. The van der Waals surface area contributed by atoms with E-state index in [1.807, 2.05) is 0 Å². The number of hydrogen-bond acceptors (Lipinski definition) is 5. The minimum Gasteiger partial charge on any atom is -0.376 e. The van der Waals surface area contributed by atoms with E-state index >= 15 is 0 Å². The molecule has 1 unspecified atom stereocenters. The van der Waals surface area contributed by atoms with Crippen molar-refractivity contribution in [2.24, 2.45) is 4.99 Å². The van der Waals surface area contributed by atoms with Crippen LogP contribution in [-0.4, -0.2) is 58.5 Å². The Balaban J connectivity index is 0.00000280. The average Bonchev–Trinajstić information content (AvgIpc) is 3.36. The second kappa shape index (κ2) is 12.4. The molecule has 1 aliphatic rings. The fourth-order valence-electron chi connectivity index (χ4n) is 3.21. The molecule has 0 saturated carbocycles. The molecule has 0 aromatic carbocycles. The molecule has 156 valence electrons. The van der Waals surface area contributed by atoms with Crippen LogP contribution in [0.5, 0.6) is 0 Å². The van der Waals surface area contributed by atoms with Gasteiger partial charge in [-0.05, 0) is 41.7 Å². The molecule has 3 heterocycles. The van der Waals surface area contributed by atoms with E-state index in [-0.39, 0.29) is 30.1 Å². The Labute approximate surface area is 188 Å². The summed E-state index contributed by atoms with van der Waals surface area (Å²) in [6, 6.07) is 2.16. The quantitative estimate of drug-likeness (QED) is 0.331. The van der Waals surface area contributed by atoms with Gasteiger partial charge < -0.3 is 19.5 Å². The van der Waals surface area contributed by atoms with Gasteiger partial charge in [-0.2, -0.15) is 11.3 Å². The standard InChI is InChI=1S/C19H30N6OS.HI/c1-3-18-23-22-15-25(18)9-8-20-19(21-12-17-6-4-5-10-26-17)24(2)13-16-7-11-27-14-16;/h7,11,14-15,17H,3-6,8-10,12-13H2,1-2H3,(H,20,21);1H. The van der Waals surface area contributed by atoms with E-state index in [9.17, 15) is 0 Å². The zero-order chi connectivity index (χ0) is 18.9. The SMILES string of the molecule is CCc1nncn1CCNC(=NCC1CCCCO1)N(C)Cc1ccsc1.I. The van der Waals surface area contributed by atoms with Crippen LogP contribution in [0.15, 0.2) is 28.1 Å². The first kappa shape index (κ1) is 23.1. The van der Waals surface area contributed by atoms with Gasteiger partial charge in [0, 0.05) is 39.7 Å². The Morgan fingerprint density at radius 1 is 1.46 bits per heavy atom. The van der Waals surface area contributed by atoms with Gasteiger partial charge >= 0.3 is 0 Å². The van der Waals surface area contributed by atoms with Gasteiger partial charge in [-0.15, -0.1) is 34.2 Å². The maximum Gasteiger partial charge on any atom is 0.194 e. The summed E-state index contributed by atoms with van der Waals surface area (Å²) in [5.41, 5.74) is 1.30. The molecule has 2 aromatic heterocycles. The summed E-state index contributed by atoms with van der Waals surface area (Å²) in [5, 5.41) is 16.0. The lowest BCUT2D eigenvalue weighted by Gasteiger charge is -2.25. The summed E-state index contributed by atoms with van der Waals surface area (Å²) >= 11 is 1.73. The summed E-state index contributed by atoms with van der Waals surface area (Å²) in [4.78, 5) is 7.04. The first-order valence-electron chi connectivity index (χ1n) is 9.75. The second-order valence-corrected chi connectivity index (χ2v) is 7.64. The largest absolute Gasteiger partial charge is 0.376 e. The van der Waals surface area contributed by atoms with Gasteiger partial charge in [0.25, 0.3) is 0 Å². The number of halogens is 1. The fraction of sp³-hybridized carbons (Fsp3) is 0.632. The van der Waals surface area contributed by atoms with E-state index in [1.165, 1.54) is 18.4 Å². The van der Waals surface area contributed by atoms with Gasteiger partial charge in [0.15, 0.2) is 5.96 Å². The highest BCUT2D eigenvalue weighted by Crippen LogP contribution is 2.13. The molecule has 0 radical (unpaired) electrons. The van der Waals surface area contributed by atoms with E-state index in [1.54, 1.807) is 17.7 Å². The number of rotatable bonds is 8. The van der Waals surface area contributed by atoms with Gasteiger partial charge in [0.1, 0.15) is 12.2 Å². The molecular formula is C19H31IN6OS. The third-order valence-corrected chi connectivity index (χ3v) is 5.46. The zero-order valence-corrected chi connectivity index (χ0v) is 19.9. The van der Waals surface area contributed by atoms with Crippen LogP contribution in [0.1, 0.15) is 37.6 Å². The van der Waals surface area contributed by atoms with Gasteiger partial charge in [0.05, 0.1) is 12.6 Å². The first-order valence-corrected chi connectivity index (χ1v) is 10.7. The lowest BCUT2D eigenvalue weighted by Crippen LogP contribution is -2.40. The number of hydrogen-bond donors (Lipinski definition) is 1. The predicted octanol–water partition coefficient (Wildman–Crippen LogP) is 3.17. The van der Waals surface area contributed by atoms with Crippen molar-refractivity contribution in [1.82, 2.24) is 25.0 Å². The molecular weight excluding hydrogens is 487 g/mol. The number of aryl methyl sites for hydroxylation is 1. The molecule has 1 fully saturated rings. The van der Waals surface area contributed by atoms with E-state index in [0.29, 0.717) is 6.54 Å². The molecule has 0 spiro atoms. The highest BCUT2D eigenvalue weighted by Gasteiger charge is 2.15. The summed E-state index contributed by atoms with van der Waals surface area (Å²) in [6.45, 7) is 6.11. The molecule has 9 heteroatoms. The van der Waals surface area contributed by atoms with Crippen LogP contribution < -0.4 is 5.32 Å². The molecule has 1 atom stereocenters. The van der Waals surface area contributed by atoms with Gasteiger partial charge in [-0.3, -0.25) is 4.99 Å². The number of ether oxygens (including phenoxy) is 1. The zero-order valence-electron chi connectivity index (χ0n) is 16.7. The Bertz CT molecular complexity index is 699. The topological polar surface area (TPSA) is 67.6 Å². The van der Waals surface area contributed by atoms with Crippen LogP contribution in [0.4, 0.5) is 0 Å². The molecule has 1 aliphatic heterocycles. The fourth-order valence-corrected chi connectivity index (χ4v) is 3.87.